The molecule has 0 bridgehead atoms. The molecule has 1 N–H and O–H groups in total. The van der Waals surface area contributed by atoms with E-state index in [4.69, 9.17) is 13.9 Å². The second-order valence-electron chi connectivity index (χ2n) is 13.1. The van der Waals surface area contributed by atoms with E-state index in [9.17, 15) is 9.90 Å². The Hall–Kier alpha value is -0.853. The van der Waals surface area contributed by atoms with Gasteiger partial charge in [-0.25, -0.2) is 0 Å². The van der Waals surface area contributed by atoms with E-state index in [1.807, 2.05) is 27.7 Å². The highest BCUT2D eigenvalue weighted by Gasteiger charge is 2.80. The molecule has 3 fully saturated rings. The van der Waals surface area contributed by atoms with Crippen LogP contribution in [0.1, 0.15) is 87.0 Å². The number of hydrogen-bond acceptors (Lipinski definition) is 5. The van der Waals surface area contributed by atoms with Gasteiger partial charge in [-0.2, -0.15) is 0 Å². The molecule has 3 saturated carbocycles. The minimum atomic E-state index is -1.99. The van der Waals surface area contributed by atoms with E-state index in [1.54, 1.807) is 0 Å². The van der Waals surface area contributed by atoms with Crippen LogP contribution in [0.4, 0.5) is 0 Å². The number of ether oxygens (including phenoxy) is 2. The topological polar surface area (TPSA) is 65.0 Å². The summed E-state index contributed by atoms with van der Waals surface area (Å²) in [6.07, 6.45) is 5.38. The molecule has 4 aliphatic rings. The van der Waals surface area contributed by atoms with Gasteiger partial charge in [-0.1, -0.05) is 33.6 Å². The molecule has 4 rings (SSSR count). The molecule has 0 aromatic rings. The van der Waals surface area contributed by atoms with Gasteiger partial charge in [0.25, 0.3) is 0 Å². The molecule has 0 saturated heterocycles. The Labute approximate surface area is 201 Å². The van der Waals surface area contributed by atoms with Gasteiger partial charge in [0.05, 0.1) is 17.6 Å². The Morgan fingerprint density at radius 2 is 1.58 bits per heavy atom. The smallest absolute Gasteiger partial charge is 0.210 e. The zero-order valence-electron chi connectivity index (χ0n) is 22.3. The van der Waals surface area contributed by atoms with Crippen LogP contribution >= 0.6 is 0 Å². The summed E-state index contributed by atoms with van der Waals surface area (Å²) < 4.78 is 19.4. The summed E-state index contributed by atoms with van der Waals surface area (Å²) in [6, 6.07) is 0. The highest BCUT2D eigenvalue weighted by atomic mass is 28.4. The zero-order chi connectivity index (χ0) is 24.6. The van der Waals surface area contributed by atoms with Crippen molar-refractivity contribution in [2.45, 2.75) is 129 Å². The van der Waals surface area contributed by atoms with Gasteiger partial charge in [0.15, 0.2) is 14.1 Å². The second-order valence-corrected chi connectivity index (χ2v) is 17.8. The first-order valence-corrected chi connectivity index (χ1v) is 16.1. The number of aliphatic hydroxyl groups is 1. The average molecular weight is 479 g/mol. The molecule has 0 radical (unpaired) electrons. The van der Waals surface area contributed by atoms with E-state index in [1.165, 1.54) is 0 Å². The predicted octanol–water partition coefficient (Wildman–Crippen LogP) is 5.97. The maximum absolute atomic E-state index is 14.2. The molecule has 4 aliphatic carbocycles. The summed E-state index contributed by atoms with van der Waals surface area (Å²) >= 11 is 0. The Morgan fingerprint density at radius 1 is 0.970 bits per heavy atom. The molecule has 0 unspecified atom stereocenters. The van der Waals surface area contributed by atoms with Crippen LogP contribution in [0, 0.1) is 23.2 Å². The average Bonchev–Trinajstić information content (AvgIpc) is 3.25. The van der Waals surface area contributed by atoms with Crippen molar-refractivity contribution in [2.24, 2.45) is 23.2 Å². The molecule has 1 spiro atoms. The zero-order valence-corrected chi connectivity index (χ0v) is 23.3. The summed E-state index contributed by atoms with van der Waals surface area (Å²) in [4.78, 5) is 14.2. The highest BCUT2D eigenvalue weighted by molar-refractivity contribution is 6.74. The van der Waals surface area contributed by atoms with Crippen molar-refractivity contribution < 1.29 is 23.8 Å². The lowest BCUT2D eigenvalue weighted by molar-refractivity contribution is -0.143. The maximum Gasteiger partial charge on any atom is 0.210 e. The van der Waals surface area contributed by atoms with Crippen LogP contribution in [0.5, 0.6) is 0 Å². The molecule has 0 amide bonds. The molecule has 0 aromatic carbocycles. The van der Waals surface area contributed by atoms with Crippen LogP contribution in [0.3, 0.4) is 0 Å². The number of hydrogen-bond donors (Lipinski definition) is 1. The molecular weight excluding hydrogens is 432 g/mol. The summed E-state index contributed by atoms with van der Waals surface area (Å²) in [5.74, 6) is 0.974. The summed E-state index contributed by atoms with van der Waals surface area (Å²) in [5, 5.41) is 12.8. The first-order valence-electron chi connectivity index (χ1n) is 13.2. The third-order valence-electron chi connectivity index (χ3n) is 9.42. The third kappa shape index (κ3) is 3.48. The fourth-order valence-electron chi connectivity index (χ4n) is 7.29. The molecule has 0 heterocycles. The van der Waals surface area contributed by atoms with E-state index >= 15 is 0 Å². The van der Waals surface area contributed by atoms with Gasteiger partial charge in [0, 0.05) is 12.0 Å². The highest BCUT2D eigenvalue weighted by Crippen LogP contribution is 2.73. The first kappa shape index (κ1) is 25.2. The van der Waals surface area contributed by atoms with Gasteiger partial charge < -0.3 is 19.0 Å². The van der Waals surface area contributed by atoms with Crippen molar-refractivity contribution in [3.63, 3.8) is 0 Å². The molecule has 5 nitrogen and oxygen atoms in total. The van der Waals surface area contributed by atoms with Crippen molar-refractivity contribution >= 4 is 14.1 Å². The van der Waals surface area contributed by atoms with Crippen LogP contribution in [-0.2, 0) is 18.7 Å². The number of allylic oxidation sites excluding steroid dienone is 1. The van der Waals surface area contributed by atoms with Gasteiger partial charge >= 0.3 is 0 Å². The Kier molecular flexibility index (Phi) is 6.19. The molecule has 0 aliphatic heterocycles. The quantitative estimate of drug-likeness (QED) is 0.477. The van der Waals surface area contributed by atoms with Gasteiger partial charge in [-0.05, 0) is 83.3 Å². The van der Waals surface area contributed by atoms with Gasteiger partial charge in [0.1, 0.15) is 5.60 Å². The second kappa shape index (κ2) is 8.09. The van der Waals surface area contributed by atoms with E-state index in [2.05, 4.69) is 33.9 Å². The van der Waals surface area contributed by atoms with Crippen LogP contribution in [0.2, 0.25) is 18.1 Å². The van der Waals surface area contributed by atoms with Crippen LogP contribution in [0.15, 0.2) is 11.5 Å². The van der Waals surface area contributed by atoms with Crippen molar-refractivity contribution in [1.29, 1.82) is 0 Å². The van der Waals surface area contributed by atoms with E-state index in [-0.39, 0.29) is 46.9 Å². The number of carbonyl (C=O) groups is 1. The van der Waals surface area contributed by atoms with Gasteiger partial charge in [0.2, 0.25) is 11.5 Å². The lowest BCUT2D eigenvalue weighted by Crippen LogP contribution is -2.52. The van der Waals surface area contributed by atoms with Crippen molar-refractivity contribution in [2.75, 3.05) is 0 Å². The number of Topliss-reactive ketones (excluding diaryl/α,β-unsaturated/α-hetero) is 1. The van der Waals surface area contributed by atoms with E-state index < -0.39 is 19.3 Å². The predicted molar refractivity (Wildman–Crippen MR) is 132 cm³/mol. The third-order valence-corrected chi connectivity index (χ3v) is 13.9. The standard InChI is InChI=1S/C27H46O5Si/c1-16(2)30-22-23(28)26-15-11-13-18(26)21-19(27(26,29)24(22)31-17(3)4)12-10-14-20(21)32-33(8,9)25(5,6)7/h16-21,29H,10-15H2,1-9H3/t18-,19-,20+,21-,26-,27-/m1/s1. The van der Waals surface area contributed by atoms with Gasteiger partial charge in [-0.3, -0.25) is 4.79 Å². The van der Waals surface area contributed by atoms with Crippen LogP contribution in [-0.4, -0.2) is 43.1 Å². The summed E-state index contributed by atoms with van der Waals surface area (Å²) in [7, 11) is -1.99. The fraction of sp³-hybridized carbons (Fsp3) is 0.889. The largest absolute Gasteiger partial charge is 0.488 e. The van der Waals surface area contributed by atoms with Crippen molar-refractivity contribution in [3.8, 4) is 0 Å². The minimum Gasteiger partial charge on any atom is -0.488 e. The lowest BCUT2D eigenvalue weighted by atomic mass is 9.68. The van der Waals surface area contributed by atoms with E-state index in [0.29, 0.717) is 17.9 Å². The fourth-order valence-corrected chi connectivity index (χ4v) is 8.67. The number of rotatable bonds is 6. The first-order chi connectivity index (χ1) is 15.2. The summed E-state index contributed by atoms with van der Waals surface area (Å²) in [5.41, 5.74) is -2.12. The molecule has 33 heavy (non-hydrogen) atoms. The molecule has 6 atom stereocenters. The monoisotopic (exact) mass is 478 g/mol. The Morgan fingerprint density at radius 3 is 2.15 bits per heavy atom. The van der Waals surface area contributed by atoms with Crippen LogP contribution < -0.4 is 0 Å². The van der Waals surface area contributed by atoms with Crippen molar-refractivity contribution in [3.05, 3.63) is 11.5 Å². The lowest BCUT2D eigenvalue weighted by Gasteiger charge is -2.46. The molecule has 6 heteroatoms. The van der Waals surface area contributed by atoms with Crippen molar-refractivity contribution in [1.82, 2.24) is 0 Å². The Bertz CT molecular complexity index is 825. The van der Waals surface area contributed by atoms with Gasteiger partial charge in [-0.15, -0.1) is 0 Å². The Balaban J connectivity index is 1.82. The maximum atomic E-state index is 14.2. The SMILES string of the molecule is CC(C)OC1=C(OC(C)C)[C@]2(O)[C@@H]3CCC[C@H](O[Si](C)(C)C(C)(C)C)[C@@H]3[C@H]3CCC[C@]32C1=O. The molecule has 188 valence electrons. The minimum absolute atomic E-state index is 0.0164. The molecular formula is C27H46O5Si. The van der Waals surface area contributed by atoms with Crippen LogP contribution in [0.25, 0.3) is 0 Å². The summed E-state index contributed by atoms with van der Waals surface area (Å²) in [6.45, 7) is 19.3. The normalized spacial score (nSPS) is 38.7. The number of fused-ring (bicyclic) bond motifs is 3. The molecule has 0 aromatic heterocycles. The van der Waals surface area contributed by atoms with E-state index in [0.717, 1.165) is 32.1 Å². The number of carbonyl (C=O) groups excluding carboxylic acids is 1. The number of ketones is 1.